The molecule has 0 aliphatic carbocycles. The zero-order chi connectivity index (χ0) is 16.1. The molecule has 114 valence electrons. The highest BCUT2D eigenvalue weighted by Gasteiger charge is 2.19. The van der Waals surface area contributed by atoms with E-state index in [1.165, 1.54) is 11.8 Å². The second-order valence-corrected chi connectivity index (χ2v) is 5.49. The molecule has 0 fully saturated rings. The maximum absolute atomic E-state index is 13.1. The van der Waals surface area contributed by atoms with Gasteiger partial charge in [-0.05, 0) is 25.1 Å². The Balaban J connectivity index is 2.01. The molecule has 0 unspecified atom stereocenters. The van der Waals surface area contributed by atoms with Crippen molar-refractivity contribution < 1.29 is 18.8 Å². The van der Waals surface area contributed by atoms with Crippen LogP contribution in [-0.4, -0.2) is 16.6 Å². The van der Waals surface area contributed by atoms with Crippen molar-refractivity contribution in [3.05, 3.63) is 64.0 Å². The predicted octanol–water partition coefficient (Wildman–Crippen LogP) is 3.74. The Hall–Kier alpha value is -2.41. The van der Waals surface area contributed by atoms with Crippen molar-refractivity contribution in [3.8, 4) is 5.75 Å². The molecule has 0 amide bonds. The van der Waals surface area contributed by atoms with E-state index in [4.69, 9.17) is 4.74 Å². The smallest absolute Gasteiger partial charge is 0.321 e. The normalized spacial score (nSPS) is 10.3. The summed E-state index contributed by atoms with van der Waals surface area (Å²) in [6.07, 6.45) is 0. The number of carbonyl (C=O) groups excluding carboxylic acids is 1. The molecule has 7 heteroatoms. The number of nitrogens with zero attached hydrogens (tertiary/aromatic N) is 1. The number of ether oxygens (including phenoxy) is 1. The minimum Gasteiger partial charge on any atom is -0.418 e. The average Bonchev–Trinajstić information content (AvgIpc) is 2.46. The van der Waals surface area contributed by atoms with Gasteiger partial charge in [0.15, 0.2) is 0 Å². The fourth-order valence-corrected chi connectivity index (χ4v) is 2.32. The molecule has 5 nitrogen and oxygen atoms in total. The minimum absolute atomic E-state index is 0.0310. The summed E-state index contributed by atoms with van der Waals surface area (Å²) in [5.74, 6) is -1.81. The fourth-order valence-electron chi connectivity index (χ4n) is 1.65. The summed E-state index contributed by atoms with van der Waals surface area (Å²) >= 11 is 1.24. The third-order valence-electron chi connectivity index (χ3n) is 2.72. The van der Waals surface area contributed by atoms with Crippen LogP contribution in [0.4, 0.5) is 10.1 Å². The Morgan fingerprint density at radius 1 is 1.27 bits per heavy atom. The van der Waals surface area contributed by atoms with E-state index in [9.17, 15) is 19.3 Å². The molecular formula is C15H12FNO4S. The molecule has 0 aromatic heterocycles. The van der Waals surface area contributed by atoms with Gasteiger partial charge in [0.25, 0.3) is 0 Å². The number of nitro benzene ring substituents is 1. The first-order valence-corrected chi connectivity index (χ1v) is 7.28. The van der Waals surface area contributed by atoms with Crippen LogP contribution >= 0.6 is 11.8 Å². The fraction of sp³-hybridized carbons (Fsp3) is 0.133. The molecule has 0 aliphatic heterocycles. The Morgan fingerprint density at radius 3 is 2.59 bits per heavy atom. The van der Waals surface area contributed by atoms with Crippen molar-refractivity contribution >= 4 is 23.4 Å². The summed E-state index contributed by atoms with van der Waals surface area (Å²) in [7, 11) is 0. The standard InChI is InChI=1S/C15H12FNO4S/c1-10-2-5-12(6-3-10)22-9-15(18)21-14-8-11(16)4-7-13(14)17(19)20/h2-8H,9H2,1H3. The lowest BCUT2D eigenvalue weighted by Crippen LogP contribution is -2.12. The van der Waals surface area contributed by atoms with E-state index in [2.05, 4.69) is 0 Å². The van der Waals surface area contributed by atoms with E-state index >= 15 is 0 Å². The Labute approximate surface area is 130 Å². The van der Waals surface area contributed by atoms with Crippen molar-refractivity contribution in [1.29, 1.82) is 0 Å². The van der Waals surface area contributed by atoms with Crippen molar-refractivity contribution in [1.82, 2.24) is 0 Å². The molecular weight excluding hydrogens is 309 g/mol. The molecule has 0 saturated heterocycles. The summed E-state index contributed by atoms with van der Waals surface area (Å²) in [5.41, 5.74) is 0.650. The summed E-state index contributed by atoms with van der Waals surface area (Å²) in [5, 5.41) is 10.8. The molecule has 2 aromatic rings. The molecule has 2 rings (SSSR count). The number of aryl methyl sites for hydroxylation is 1. The van der Waals surface area contributed by atoms with E-state index in [-0.39, 0.29) is 11.5 Å². The van der Waals surface area contributed by atoms with Gasteiger partial charge in [-0.25, -0.2) is 4.39 Å². The molecule has 22 heavy (non-hydrogen) atoms. The highest BCUT2D eigenvalue weighted by atomic mass is 32.2. The van der Waals surface area contributed by atoms with Crippen LogP contribution in [0.15, 0.2) is 47.4 Å². The van der Waals surface area contributed by atoms with Crippen molar-refractivity contribution in [3.63, 3.8) is 0 Å². The first-order chi connectivity index (χ1) is 10.5. The number of hydrogen-bond donors (Lipinski definition) is 0. The Bertz CT molecular complexity index is 703. The van der Waals surface area contributed by atoms with Gasteiger partial charge in [0.05, 0.1) is 10.7 Å². The van der Waals surface area contributed by atoms with Crippen LogP contribution < -0.4 is 4.74 Å². The van der Waals surface area contributed by atoms with Gasteiger partial charge in [0.1, 0.15) is 5.82 Å². The topological polar surface area (TPSA) is 69.4 Å². The second kappa shape index (κ2) is 7.04. The van der Waals surface area contributed by atoms with Gasteiger partial charge in [-0.1, -0.05) is 17.7 Å². The molecule has 2 aromatic carbocycles. The number of hydrogen-bond acceptors (Lipinski definition) is 5. The van der Waals surface area contributed by atoms with Crippen LogP contribution in [-0.2, 0) is 4.79 Å². The number of halogens is 1. The van der Waals surface area contributed by atoms with E-state index in [1.807, 2.05) is 31.2 Å². The van der Waals surface area contributed by atoms with Crippen LogP contribution in [0.3, 0.4) is 0 Å². The number of esters is 1. The van der Waals surface area contributed by atoms with Crippen LogP contribution in [0.1, 0.15) is 5.56 Å². The van der Waals surface area contributed by atoms with Gasteiger partial charge < -0.3 is 4.74 Å². The maximum atomic E-state index is 13.1. The predicted molar refractivity (Wildman–Crippen MR) is 80.6 cm³/mol. The molecule has 0 spiro atoms. The van der Waals surface area contributed by atoms with Crippen LogP contribution in [0, 0.1) is 22.9 Å². The monoisotopic (exact) mass is 321 g/mol. The second-order valence-electron chi connectivity index (χ2n) is 4.44. The Kier molecular flexibility index (Phi) is 5.11. The average molecular weight is 321 g/mol. The van der Waals surface area contributed by atoms with Gasteiger partial charge in [0.2, 0.25) is 5.75 Å². The van der Waals surface area contributed by atoms with Crippen LogP contribution in [0.5, 0.6) is 5.75 Å². The lowest BCUT2D eigenvalue weighted by Gasteiger charge is -2.05. The highest BCUT2D eigenvalue weighted by molar-refractivity contribution is 8.00. The number of nitro groups is 1. The maximum Gasteiger partial charge on any atom is 0.321 e. The van der Waals surface area contributed by atoms with E-state index < -0.39 is 22.4 Å². The van der Waals surface area contributed by atoms with Crippen LogP contribution in [0.25, 0.3) is 0 Å². The molecule has 0 atom stereocenters. The van der Waals surface area contributed by atoms with Gasteiger partial charge in [-0.2, -0.15) is 0 Å². The molecule has 0 bridgehead atoms. The molecule has 0 heterocycles. The SMILES string of the molecule is Cc1ccc(SCC(=O)Oc2cc(F)ccc2[N+](=O)[O-])cc1. The molecule has 0 aliphatic rings. The third kappa shape index (κ3) is 4.29. The summed E-state index contributed by atoms with van der Waals surface area (Å²) in [4.78, 5) is 22.7. The summed E-state index contributed by atoms with van der Waals surface area (Å²) < 4.78 is 18.0. The minimum atomic E-state index is -0.727. The van der Waals surface area contributed by atoms with Crippen molar-refractivity contribution in [2.45, 2.75) is 11.8 Å². The zero-order valence-corrected chi connectivity index (χ0v) is 12.4. The molecule has 0 N–H and O–H groups in total. The lowest BCUT2D eigenvalue weighted by atomic mass is 10.2. The zero-order valence-electron chi connectivity index (χ0n) is 11.6. The Morgan fingerprint density at radius 2 is 1.95 bits per heavy atom. The van der Waals surface area contributed by atoms with Crippen LogP contribution in [0.2, 0.25) is 0 Å². The summed E-state index contributed by atoms with van der Waals surface area (Å²) in [6, 6.07) is 10.3. The number of thioether (sulfide) groups is 1. The molecule has 0 saturated carbocycles. The summed E-state index contributed by atoms with van der Waals surface area (Å²) in [6.45, 7) is 1.95. The quantitative estimate of drug-likeness (QED) is 0.276. The number of rotatable bonds is 5. The lowest BCUT2D eigenvalue weighted by molar-refractivity contribution is -0.385. The number of benzene rings is 2. The largest absolute Gasteiger partial charge is 0.418 e. The van der Waals surface area contributed by atoms with Gasteiger partial charge in [-0.3, -0.25) is 14.9 Å². The highest BCUT2D eigenvalue weighted by Crippen LogP contribution is 2.28. The van der Waals surface area contributed by atoms with Crippen molar-refractivity contribution in [2.24, 2.45) is 0 Å². The van der Waals surface area contributed by atoms with E-state index in [0.717, 1.165) is 28.7 Å². The van der Waals surface area contributed by atoms with Gasteiger partial charge >= 0.3 is 11.7 Å². The van der Waals surface area contributed by atoms with Gasteiger partial charge in [0, 0.05) is 17.0 Å². The van der Waals surface area contributed by atoms with E-state index in [0.29, 0.717) is 0 Å². The first kappa shape index (κ1) is 16.0. The molecule has 0 radical (unpaired) electrons. The van der Waals surface area contributed by atoms with Gasteiger partial charge in [-0.15, -0.1) is 11.8 Å². The third-order valence-corrected chi connectivity index (χ3v) is 3.71. The number of carbonyl (C=O) groups is 1. The van der Waals surface area contributed by atoms with Crippen molar-refractivity contribution in [2.75, 3.05) is 5.75 Å². The first-order valence-electron chi connectivity index (χ1n) is 6.30. The van der Waals surface area contributed by atoms with E-state index in [1.54, 1.807) is 0 Å².